The molecule has 0 radical (unpaired) electrons. The summed E-state index contributed by atoms with van der Waals surface area (Å²) in [7, 11) is 0. The Balaban J connectivity index is 2.41. The van der Waals surface area contributed by atoms with Crippen LogP contribution in [0.3, 0.4) is 0 Å². The summed E-state index contributed by atoms with van der Waals surface area (Å²) in [5.74, 6) is -0.158. The van der Waals surface area contributed by atoms with Gasteiger partial charge in [-0.3, -0.25) is 4.79 Å². The van der Waals surface area contributed by atoms with Crippen molar-refractivity contribution in [2.24, 2.45) is 5.41 Å². The molecule has 1 aliphatic rings. The fourth-order valence-electron chi connectivity index (χ4n) is 3.66. The van der Waals surface area contributed by atoms with Gasteiger partial charge in [-0.25, -0.2) is 0 Å². The van der Waals surface area contributed by atoms with Gasteiger partial charge in [-0.15, -0.1) is 0 Å². The van der Waals surface area contributed by atoms with Crippen LogP contribution in [0.5, 0.6) is 0 Å². The molecular weight excluding hydrogens is 340 g/mol. The molecule has 1 saturated carbocycles. The summed E-state index contributed by atoms with van der Waals surface area (Å²) in [4.78, 5) is 12.8. The molecule has 1 fully saturated rings. The van der Waals surface area contributed by atoms with E-state index in [-0.39, 0.29) is 17.5 Å². The standard InChI is InChI=1S/C19H26O3S2/c1-6-21-16(20)19(4)12-15(22-17(23)24-5)11-18(19,3)14-9-7-13(2)8-10-14/h7-10,15H,6,11-12H2,1-5H3/t15-,18+,19-/m0/s1. The molecule has 3 atom stereocenters. The minimum atomic E-state index is -0.642. The second-order valence-electron chi connectivity index (χ2n) is 6.85. The zero-order chi connectivity index (χ0) is 18.0. The molecule has 24 heavy (non-hydrogen) atoms. The monoisotopic (exact) mass is 366 g/mol. The van der Waals surface area contributed by atoms with Crippen molar-refractivity contribution in [3.05, 3.63) is 35.4 Å². The first kappa shape index (κ1) is 19.3. The maximum absolute atomic E-state index is 12.8. The van der Waals surface area contributed by atoms with Gasteiger partial charge in [0, 0.05) is 11.8 Å². The van der Waals surface area contributed by atoms with Crippen LogP contribution >= 0.6 is 24.0 Å². The van der Waals surface area contributed by atoms with Crippen LogP contribution in [0.2, 0.25) is 0 Å². The van der Waals surface area contributed by atoms with Gasteiger partial charge in [-0.2, -0.15) is 0 Å². The summed E-state index contributed by atoms with van der Waals surface area (Å²) in [5, 5.41) is 0. The summed E-state index contributed by atoms with van der Waals surface area (Å²) < 4.78 is 11.9. The average molecular weight is 367 g/mol. The summed E-state index contributed by atoms with van der Waals surface area (Å²) in [6.45, 7) is 8.42. The summed E-state index contributed by atoms with van der Waals surface area (Å²) in [6.07, 6.45) is 3.18. The van der Waals surface area contributed by atoms with E-state index in [1.165, 1.54) is 17.3 Å². The molecule has 0 aromatic heterocycles. The molecule has 3 nitrogen and oxygen atoms in total. The van der Waals surface area contributed by atoms with Crippen molar-refractivity contribution >= 4 is 34.3 Å². The third-order valence-electron chi connectivity index (χ3n) is 5.33. The minimum Gasteiger partial charge on any atom is -0.475 e. The summed E-state index contributed by atoms with van der Waals surface area (Å²) in [6, 6.07) is 8.41. The van der Waals surface area contributed by atoms with Gasteiger partial charge in [-0.1, -0.05) is 48.5 Å². The van der Waals surface area contributed by atoms with Gasteiger partial charge in [0.15, 0.2) is 0 Å². The van der Waals surface area contributed by atoms with Crippen LogP contribution in [-0.2, 0) is 19.7 Å². The van der Waals surface area contributed by atoms with E-state index in [1.54, 1.807) is 0 Å². The number of esters is 1. The van der Waals surface area contributed by atoms with E-state index in [4.69, 9.17) is 21.7 Å². The van der Waals surface area contributed by atoms with Crippen LogP contribution in [-0.4, -0.2) is 29.3 Å². The Morgan fingerprint density at radius 3 is 2.46 bits per heavy atom. The van der Waals surface area contributed by atoms with Crippen LogP contribution < -0.4 is 0 Å². The van der Waals surface area contributed by atoms with Crippen molar-refractivity contribution in [2.45, 2.75) is 52.1 Å². The fourth-order valence-corrected chi connectivity index (χ4v) is 4.03. The van der Waals surface area contributed by atoms with Crippen LogP contribution in [0.25, 0.3) is 0 Å². The largest absolute Gasteiger partial charge is 0.475 e. The molecule has 132 valence electrons. The minimum absolute atomic E-state index is 0.0781. The van der Waals surface area contributed by atoms with Gasteiger partial charge in [0.2, 0.25) is 4.38 Å². The van der Waals surface area contributed by atoms with Gasteiger partial charge < -0.3 is 9.47 Å². The Labute approximate surface area is 154 Å². The molecule has 0 spiro atoms. The molecule has 0 saturated heterocycles. The number of aryl methyl sites for hydroxylation is 1. The first-order valence-electron chi connectivity index (χ1n) is 8.26. The zero-order valence-corrected chi connectivity index (χ0v) is 16.7. The smallest absolute Gasteiger partial charge is 0.312 e. The molecule has 0 amide bonds. The van der Waals surface area contributed by atoms with Gasteiger partial charge in [0.05, 0.1) is 12.0 Å². The van der Waals surface area contributed by atoms with E-state index in [2.05, 4.69) is 38.1 Å². The Hall–Kier alpha value is -1.07. The second kappa shape index (κ2) is 7.44. The maximum Gasteiger partial charge on any atom is 0.312 e. The lowest BCUT2D eigenvalue weighted by molar-refractivity contribution is -0.157. The summed E-state index contributed by atoms with van der Waals surface area (Å²) >= 11 is 6.64. The number of thioether (sulfide) groups is 1. The normalized spacial score (nSPS) is 29.3. The fraction of sp³-hybridized carbons (Fsp3) is 0.579. The first-order valence-corrected chi connectivity index (χ1v) is 9.89. The Morgan fingerprint density at radius 1 is 1.29 bits per heavy atom. The van der Waals surface area contributed by atoms with Crippen molar-refractivity contribution in [1.29, 1.82) is 0 Å². The number of carbonyl (C=O) groups is 1. The van der Waals surface area contributed by atoms with Crippen molar-refractivity contribution in [1.82, 2.24) is 0 Å². The number of hydrogen-bond donors (Lipinski definition) is 0. The molecule has 0 unspecified atom stereocenters. The highest BCUT2D eigenvalue weighted by Crippen LogP contribution is 2.55. The molecule has 0 bridgehead atoms. The third kappa shape index (κ3) is 3.47. The zero-order valence-electron chi connectivity index (χ0n) is 15.0. The molecule has 5 heteroatoms. The van der Waals surface area contributed by atoms with Crippen molar-refractivity contribution in [2.75, 3.05) is 12.9 Å². The quantitative estimate of drug-likeness (QED) is 0.572. The van der Waals surface area contributed by atoms with Crippen LogP contribution in [0.15, 0.2) is 24.3 Å². The van der Waals surface area contributed by atoms with Gasteiger partial charge in [-0.05, 0) is 51.2 Å². The SMILES string of the molecule is CCOC(=O)[C@]1(C)C[C@@H](OC(=S)SC)C[C@]1(C)c1ccc(C)cc1. The van der Waals surface area contributed by atoms with Gasteiger partial charge in [0.25, 0.3) is 0 Å². The topological polar surface area (TPSA) is 35.5 Å². The molecule has 1 aliphatic carbocycles. The highest BCUT2D eigenvalue weighted by atomic mass is 32.2. The number of carbonyl (C=O) groups excluding carboxylic acids is 1. The van der Waals surface area contributed by atoms with Crippen LogP contribution in [0, 0.1) is 12.3 Å². The number of rotatable bonds is 4. The first-order chi connectivity index (χ1) is 11.3. The summed E-state index contributed by atoms with van der Waals surface area (Å²) in [5.41, 5.74) is 1.35. The van der Waals surface area contributed by atoms with Gasteiger partial charge in [0.1, 0.15) is 6.10 Å². The predicted molar refractivity (Wildman–Crippen MR) is 103 cm³/mol. The molecule has 0 N–H and O–H groups in total. The van der Waals surface area contributed by atoms with Crippen molar-refractivity contribution in [3.8, 4) is 0 Å². The second-order valence-corrected chi connectivity index (χ2v) is 8.26. The molecule has 1 aromatic carbocycles. The van der Waals surface area contributed by atoms with Gasteiger partial charge >= 0.3 is 5.97 Å². The highest BCUT2D eigenvalue weighted by molar-refractivity contribution is 8.22. The van der Waals surface area contributed by atoms with E-state index in [1.807, 2.05) is 20.1 Å². The molecule has 0 heterocycles. The average Bonchev–Trinajstić information content (AvgIpc) is 2.80. The molecule has 1 aromatic rings. The van der Waals surface area contributed by atoms with Crippen molar-refractivity contribution < 1.29 is 14.3 Å². The third-order valence-corrected chi connectivity index (χ3v) is 6.36. The number of hydrogen-bond acceptors (Lipinski definition) is 5. The molecule has 0 aliphatic heterocycles. The van der Waals surface area contributed by atoms with E-state index < -0.39 is 5.41 Å². The highest BCUT2D eigenvalue weighted by Gasteiger charge is 2.59. The number of ether oxygens (including phenoxy) is 2. The molecule has 2 rings (SSSR count). The van der Waals surface area contributed by atoms with E-state index in [0.717, 1.165) is 12.0 Å². The van der Waals surface area contributed by atoms with Crippen LogP contribution in [0.4, 0.5) is 0 Å². The Morgan fingerprint density at radius 2 is 1.92 bits per heavy atom. The van der Waals surface area contributed by atoms with E-state index >= 15 is 0 Å². The number of benzene rings is 1. The lowest BCUT2D eigenvalue weighted by Gasteiger charge is -2.39. The number of thiocarbonyl (C=S) groups is 1. The van der Waals surface area contributed by atoms with E-state index in [0.29, 0.717) is 17.4 Å². The predicted octanol–water partition coefficient (Wildman–Crippen LogP) is 4.65. The Bertz CT molecular complexity index is 614. The lowest BCUT2D eigenvalue weighted by atomic mass is 9.64. The lowest BCUT2D eigenvalue weighted by Crippen LogP contribution is -2.44. The Kier molecular flexibility index (Phi) is 5.97. The van der Waals surface area contributed by atoms with Crippen LogP contribution in [0.1, 0.15) is 44.7 Å². The molecular formula is C19H26O3S2. The van der Waals surface area contributed by atoms with E-state index in [9.17, 15) is 4.79 Å². The maximum atomic E-state index is 12.8. The van der Waals surface area contributed by atoms with Crippen molar-refractivity contribution in [3.63, 3.8) is 0 Å².